The van der Waals surface area contributed by atoms with Gasteiger partial charge in [-0.05, 0) is 60.4 Å². The van der Waals surface area contributed by atoms with Crippen LogP contribution >= 0.6 is 0 Å². The van der Waals surface area contributed by atoms with Crippen LogP contribution in [0.3, 0.4) is 0 Å². The maximum atomic E-state index is 13.8. The molecule has 0 spiro atoms. The topological polar surface area (TPSA) is 40.6 Å². The first-order chi connectivity index (χ1) is 15.4. The summed E-state index contributed by atoms with van der Waals surface area (Å²) in [6, 6.07) is 21.1. The van der Waals surface area contributed by atoms with Crippen LogP contribution < -0.4 is 4.90 Å². The zero-order chi connectivity index (χ0) is 23.1. The molecule has 5 heteroatoms. The van der Waals surface area contributed by atoms with E-state index in [0.717, 1.165) is 24.1 Å². The third kappa shape index (κ3) is 5.82. The molecule has 3 aromatic rings. The number of rotatable bonds is 8. The maximum absolute atomic E-state index is 13.8. The van der Waals surface area contributed by atoms with Crippen molar-refractivity contribution in [3.63, 3.8) is 0 Å². The Labute approximate surface area is 189 Å². The Morgan fingerprint density at radius 2 is 1.62 bits per heavy atom. The number of likely N-dealkylation sites (N-methyl/N-ethyl adjacent to an activating group) is 1. The van der Waals surface area contributed by atoms with Gasteiger partial charge >= 0.3 is 0 Å². The summed E-state index contributed by atoms with van der Waals surface area (Å²) in [6.07, 6.45) is 1.23. The van der Waals surface area contributed by atoms with Crippen LogP contribution in [0.25, 0.3) is 0 Å². The number of nitrogens with zero attached hydrogens (tertiary/aromatic N) is 2. The summed E-state index contributed by atoms with van der Waals surface area (Å²) in [4.78, 5) is 29.2. The molecule has 2 amide bonds. The van der Waals surface area contributed by atoms with Crippen molar-refractivity contribution in [2.24, 2.45) is 0 Å². The Balaban J connectivity index is 1.88. The minimum absolute atomic E-state index is 0.0622. The van der Waals surface area contributed by atoms with Crippen molar-refractivity contribution in [2.75, 3.05) is 18.5 Å². The molecule has 0 N–H and O–H groups in total. The van der Waals surface area contributed by atoms with Gasteiger partial charge in [0.1, 0.15) is 5.82 Å². The zero-order valence-corrected chi connectivity index (χ0v) is 18.8. The number of anilines is 1. The van der Waals surface area contributed by atoms with Gasteiger partial charge in [0.2, 0.25) is 5.91 Å². The van der Waals surface area contributed by atoms with E-state index >= 15 is 0 Å². The number of hydrogen-bond donors (Lipinski definition) is 0. The lowest BCUT2D eigenvalue weighted by molar-refractivity contribution is -0.129. The maximum Gasteiger partial charge on any atom is 0.258 e. The summed E-state index contributed by atoms with van der Waals surface area (Å²) < 4.78 is 13.8. The molecule has 0 aliphatic rings. The normalized spacial score (nSPS) is 10.6. The van der Waals surface area contributed by atoms with Gasteiger partial charge < -0.3 is 9.80 Å². The van der Waals surface area contributed by atoms with Crippen molar-refractivity contribution in [2.45, 2.75) is 33.2 Å². The summed E-state index contributed by atoms with van der Waals surface area (Å²) >= 11 is 0. The molecule has 0 heterocycles. The predicted molar refractivity (Wildman–Crippen MR) is 126 cm³/mol. The first kappa shape index (κ1) is 23.2. The molecule has 0 atom stereocenters. The highest BCUT2D eigenvalue weighted by molar-refractivity contribution is 6.07. The second-order valence-electron chi connectivity index (χ2n) is 7.99. The molecule has 0 saturated heterocycles. The van der Waals surface area contributed by atoms with E-state index in [2.05, 4.69) is 0 Å². The lowest BCUT2D eigenvalue weighted by atomic mass is 10.1. The second-order valence-corrected chi connectivity index (χ2v) is 7.99. The van der Waals surface area contributed by atoms with Crippen molar-refractivity contribution in [1.82, 2.24) is 4.90 Å². The van der Waals surface area contributed by atoms with Gasteiger partial charge in [-0.1, -0.05) is 49.4 Å². The Kier molecular flexibility index (Phi) is 7.77. The first-order valence-corrected chi connectivity index (χ1v) is 10.8. The van der Waals surface area contributed by atoms with Crippen LogP contribution in [0, 0.1) is 12.7 Å². The number of hydrogen-bond acceptors (Lipinski definition) is 2. The fourth-order valence-electron chi connectivity index (χ4n) is 3.62. The molecular formula is C27H29FN2O2. The van der Waals surface area contributed by atoms with Gasteiger partial charge in [0.15, 0.2) is 0 Å². The predicted octanol–water partition coefficient (Wildman–Crippen LogP) is 5.39. The highest BCUT2D eigenvalue weighted by atomic mass is 19.1. The molecule has 166 valence electrons. The molecule has 3 aromatic carbocycles. The van der Waals surface area contributed by atoms with Crippen molar-refractivity contribution < 1.29 is 14.0 Å². The van der Waals surface area contributed by atoms with Crippen LogP contribution in [-0.2, 0) is 17.8 Å². The quantitative estimate of drug-likeness (QED) is 0.479. The second kappa shape index (κ2) is 10.7. The van der Waals surface area contributed by atoms with Crippen molar-refractivity contribution in [3.8, 4) is 0 Å². The van der Waals surface area contributed by atoms with E-state index in [9.17, 15) is 14.0 Å². The average Bonchev–Trinajstić information content (AvgIpc) is 2.78. The lowest BCUT2D eigenvalue weighted by Gasteiger charge is -2.24. The molecule has 0 fully saturated rings. The fourth-order valence-corrected chi connectivity index (χ4v) is 3.62. The van der Waals surface area contributed by atoms with E-state index in [-0.39, 0.29) is 24.2 Å². The highest BCUT2D eigenvalue weighted by Gasteiger charge is 2.20. The number of amides is 2. The minimum Gasteiger partial charge on any atom is -0.345 e. The van der Waals surface area contributed by atoms with Crippen LogP contribution in [0.4, 0.5) is 10.1 Å². The molecule has 3 rings (SSSR count). The molecule has 0 unspecified atom stereocenters. The largest absolute Gasteiger partial charge is 0.345 e. The standard InChI is InChI=1S/C27H29FN2O2/c1-4-16-29(3)26(31)18-21-12-14-24(15-13-21)30(19-22-9-7-10-23(28)17-22)27(32)25-11-6-5-8-20(25)2/h5-15,17H,4,16,18-19H2,1-3H3. The summed E-state index contributed by atoms with van der Waals surface area (Å²) in [5, 5.41) is 0. The number of aryl methyl sites for hydroxylation is 1. The SMILES string of the molecule is CCCN(C)C(=O)Cc1ccc(N(Cc2cccc(F)c2)C(=O)c2ccccc2C)cc1. The zero-order valence-electron chi connectivity index (χ0n) is 18.8. The Hall–Kier alpha value is -3.47. The van der Waals surface area contributed by atoms with Gasteiger partial charge in [0.25, 0.3) is 5.91 Å². The summed E-state index contributed by atoms with van der Waals surface area (Å²) in [5.41, 5.74) is 3.76. The molecule has 0 radical (unpaired) electrons. The van der Waals surface area contributed by atoms with Gasteiger partial charge in [0.05, 0.1) is 13.0 Å². The molecule has 0 aliphatic heterocycles. The lowest BCUT2D eigenvalue weighted by Crippen LogP contribution is -2.31. The molecular weight excluding hydrogens is 403 g/mol. The third-order valence-corrected chi connectivity index (χ3v) is 5.44. The van der Waals surface area contributed by atoms with Crippen LogP contribution in [0.15, 0.2) is 72.8 Å². The summed E-state index contributed by atoms with van der Waals surface area (Å²) in [5.74, 6) is -0.429. The van der Waals surface area contributed by atoms with Crippen molar-refractivity contribution >= 4 is 17.5 Å². The Bertz CT molecular complexity index is 1080. The number of carbonyl (C=O) groups is 2. The van der Waals surface area contributed by atoms with Crippen LogP contribution in [-0.4, -0.2) is 30.3 Å². The van der Waals surface area contributed by atoms with E-state index in [1.165, 1.54) is 12.1 Å². The van der Waals surface area contributed by atoms with E-state index in [4.69, 9.17) is 0 Å². The Morgan fingerprint density at radius 1 is 0.906 bits per heavy atom. The summed E-state index contributed by atoms with van der Waals surface area (Å²) in [7, 11) is 1.81. The molecule has 0 bridgehead atoms. The van der Waals surface area contributed by atoms with Crippen LogP contribution in [0.2, 0.25) is 0 Å². The van der Waals surface area contributed by atoms with Gasteiger partial charge in [-0.3, -0.25) is 9.59 Å². The fraction of sp³-hybridized carbons (Fsp3) is 0.259. The van der Waals surface area contributed by atoms with Gasteiger partial charge in [-0.2, -0.15) is 0 Å². The highest BCUT2D eigenvalue weighted by Crippen LogP contribution is 2.23. The molecule has 0 aromatic heterocycles. The van der Waals surface area contributed by atoms with Gasteiger partial charge in [0, 0.05) is 24.8 Å². The third-order valence-electron chi connectivity index (χ3n) is 5.44. The van der Waals surface area contributed by atoms with E-state index in [1.807, 2.05) is 63.4 Å². The van der Waals surface area contributed by atoms with E-state index < -0.39 is 0 Å². The summed E-state index contributed by atoms with van der Waals surface area (Å²) in [6.45, 7) is 4.90. The Morgan fingerprint density at radius 3 is 2.28 bits per heavy atom. The van der Waals surface area contributed by atoms with Crippen LogP contribution in [0.5, 0.6) is 0 Å². The van der Waals surface area contributed by atoms with E-state index in [1.54, 1.807) is 28.0 Å². The van der Waals surface area contributed by atoms with Crippen molar-refractivity contribution in [1.29, 1.82) is 0 Å². The van der Waals surface area contributed by atoms with Gasteiger partial charge in [-0.15, -0.1) is 0 Å². The molecule has 0 aliphatic carbocycles. The first-order valence-electron chi connectivity index (χ1n) is 10.8. The van der Waals surface area contributed by atoms with E-state index in [0.29, 0.717) is 23.2 Å². The van der Waals surface area contributed by atoms with Gasteiger partial charge in [-0.25, -0.2) is 4.39 Å². The molecule has 4 nitrogen and oxygen atoms in total. The smallest absolute Gasteiger partial charge is 0.258 e. The molecule has 0 saturated carbocycles. The number of carbonyl (C=O) groups excluding carboxylic acids is 2. The number of halogens is 1. The number of benzene rings is 3. The molecule has 32 heavy (non-hydrogen) atoms. The average molecular weight is 433 g/mol. The van der Waals surface area contributed by atoms with Crippen molar-refractivity contribution in [3.05, 3.63) is 101 Å². The van der Waals surface area contributed by atoms with Crippen LogP contribution in [0.1, 0.15) is 40.4 Å². The monoisotopic (exact) mass is 432 g/mol. The minimum atomic E-state index is -0.337.